The molecule has 2 heterocycles. The minimum atomic E-state index is -3.75. The van der Waals surface area contributed by atoms with Gasteiger partial charge in [-0.25, -0.2) is 8.42 Å². The number of benzene rings is 1. The lowest BCUT2D eigenvalue weighted by Crippen LogP contribution is -2.43. The van der Waals surface area contributed by atoms with Crippen LogP contribution in [0.25, 0.3) is 0 Å². The van der Waals surface area contributed by atoms with Crippen LogP contribution in [0, 0.1) is 17.2 Å². The van der Waals surface area contributed by atoms with Crippen LogP contribution in [0.15, 0.2) is 53.7 Å². The van der Waals surface area contributed by atoms with Crippen molar-refractivity contribution in [2.45, 2.75) is 30.7 Å². The number of pyridine rings is 1. The maximum atomic E-state index is 12.9. The molecule has 1 aromatic heterocycles. The maximum Gasteiger partial charge on any atom is 0.244 e. The number of carbonyl (C=O) groups is 1. The second kappa shape index (κ2) is 8.50. The van der Waals surface area contributed by atoms with Crippen molar-refractivity contribution in [1.29, 1.82) is 5.26 Å². The van der Waals surface area contributed by atoms with Gasteiger partial charge in [-0.15, -0.1) is 0 Å². The lowest BCUT2D eigenvalue weighted by Gasteiger charge is -2.31. The van der Waals surface area contributed by atoms with E-state index in [0.717, 1.165) is 5.56 Å². The molecule has 1 fully saturated rings. The van der Waals surface area contributed by atoms with Crippen LogP contribution in [0.1, 0.15) is 36.9 Å². The van der Waals surface area contributed by atoms with Gasteiger partial charge in [-0.2, -0.15) is 9.57 Å². The molecule has 0 saturated carbocycles. The summed E-state index contributed by atoms with van der Waals surface area (Å²) < 4.78 is 27.1. The van der Waals surface area contributed by atoms with E-state index in [0.29, 0.717) is 12.8 Å². The van der Waals surface area contributed by atoms with E-state index in [-0.39, 0.29) is 41.4 Å². The van der Waals surface area contributed by atoms with Crippen molar-refractivity contribution in [3.63, 3.8) is 0 Å². The molecule has 8 heteroatoms. The summed E-state index contributed by atoms with van der Waals surface area (Å²) in [6, 6.07) is 11.7. The standard InChI is InChI=1S/C20H22N4O3S/c1-15(16-6-10-22-11-7-16)23-20(25)17-8-12-24(13-9-17)28(26,27)19-5-3-2-4-18(19)14-21/h2-7,10-11,15,17H,8-9,12-13H2,1H3,(H,23,25). The van der Waals surface area contributed by atoms with Crippen LogP contribution >= 0.6 is 0 Å². The van der Waals surface area contributed by atoms with Gasteiger partial charge in [0.05, 0.1) is 16.5 Å². The van der Waals surface area contributed by atoms with Crippen LogP contribution in [0.4, 0.5) is 0 Å². The summed E-state index contributed by atoms with van der Waals surface area (Å²) in [7, 11) is -3.75. The molecule has 1 saturated heterocycles. The predicted molar refractivity (Wildman–Crippen MR) is 103 cm³/mol. The fourth-order valence-corrected chi connectivity index (χ4v) is 4.96. The highest BCUT2D eigenvalue weighted by Gasteiger charge is 2.33. The first-order valence-electron chi connectivity index (χ1n) is 9.13. The van der Waals surface area contributed by atoms with E-state index >= 15 is 0 Å². The van der Waals surface area contributed by atoms with Gasteiger partial charge in [-0.05, 0) is 49.6 Å². The third kappa shape index (κ3) is 4.21. The zero-order chi connectivity index (χ0) is 20.1. The number of amides is 1. The highest BCUT2D eigenvalue weighted by atomic mass is 32.2. The number of aromatic nitrogens is 1. The fourth-order valence-electron chi connectivity index (χ4n) is 3.35. The maximum absolute atomic E-state index is 12.9. The molecule has 0 radical (unpaired) electrons. The first kappa shape index (κ1) is 20.0. The lowest BCUT2D eigenvalue weighted by atomic mass is 9.96. The van der Waals surface area contributed by atoms with Gasteiger partial charge < -0.3 is 5.32 Å². The summed E-state index contributed by atoms with van der Waals surface area (Å²) in [5.74, 6) is -0.305. The van der Waals surface area contributed by atoms with E-state index in [1.165, 1.54) is 16.4 Å². The minimum Gasteiger partial charge on any atom is -0.349 e. The molecule has 1 aromatic carbocycles. The SMILES string of the molecule is CC(NC(=O)C1CCN(S(=O)(=O)c2ccccc2C#N)CC1)c1ccncc1. The number of hydrogen-bond donors (Lipinski definition) is 1. The van der Waals surface area contributed by atoms with Crippen LogP contribution in [0.5, 0.6) is 0 Å². The van der Waals surface area contributed by atoms with Gasteiger partial charge in [0.15, 0.2) is 0 Å². The molecule has 1 aliphatic rings. The summed E-state index contributed by atoms with van der Waals surface area (Å²) in [5, 5.41) is 12.2. The van der Waals surface area contributed by atoms with Crippen LogP contribution < -0.4 is 5.32 Å². The third-order valence-electron chi connectivity index (χ3n) is 5.01. The highest BCUT2D eigenvalue weighted by molar-refractivity contribution is 7.89. The topological polar surface area (TPSA) is 103 Å². The Labute approximate surface area is 165 Å². The first-order chi connectivity index (χ1) is 13.4. The monoisotopic (exact) mass is 398 g/mol. The number of sulfonamides is 1. The van der Waals surface area contributed by atoms with Crippen molar-refractivity contribution >= 4 is 15.9 Å². The average molecular weight is 398 g/mol. The average Bonchev–Trinajstić information content (AvgIpc) is 2.74. The summed E-state index contributed by atoms with van der Waals surface area (Å²) in [5.41, 5.74) is 1.10. The Morgan fingerprint density at radius 2 is 1.86 bits per heavy atom. The second-order valence-electron chi connectivity index (χ2n) is 6.80. The van der Waals surface area contributed by atoms with Crippen molar-refractivity contribution in [1.82, 2.24) is 14.6 Å². The molecule has 2 aromatic rings. The number of carbonyl (C=O) groups excluding carboxylic acids is 1. The molecule has 0 aliphatic carbocycles. The quantitative estimate of drug-likeness (QED) is 0.832. The van der Waals surface area contributed by atoms with Crippen molar-refractivity contribution in [3.8, 4) is 6.07 Å². The van der Waals surface area contributed by atoms with Gasteiger partial charge in [-0.1, -0.05) is 12.1 Å². The molecule has 146 valence electrons. The summed E-state index contributed by atoms with van der Waals surface area (Å²) in [6.45, 7) is 2.42. The Kier molecular flexibility index (Phi) is 6.07. The van der Waals surface area contributed by atoms with E-state index in [9.17, 15) is 18.5 Å². The van der Waals surface area contributed by atoms with Crippen LogP contribution in [0.3, 0.4) is 0 Å². The van der Waals surface area contributed by atoms with Crippen LogP contribution in [-0.4, -0.2) is 36.7 Å². The zero-order valence-electron chi connectivity index (χ0n) is 15.6. The molecule has 1 amide bonds. The molecule has 3 rings (SSSR count). The third-order valence-corrected chi connectivity index (χ3v) is 6.97. The van der Waals surface area contributed by atoms with E-state index in [1.807, 2.05) is 25.1 Å². The molecular formula is C20H22N4O3S. The molecule has 0 bridgehead atoms. The van der Waals surface area contributed by atoms with Crippen LogP contribution in [0.2, 0.25) is 0 Å². The Bertz CT molecular complexity index is 978. The van der Waals surface area contributed by atoms with Crippen molar-refractivity contribution in [3.05, 3.63) is 59.9 Å². The number of nitriles is 1. The molecular weight excluding hydrogens is 376 g/mol. The minimum absolute atomic E-state index is 0.0201. The Morgan fingerprint density at radius 1 is 1.21 bits per heavy atom. The summed E-state index contributed by atoms with van der Waals surface area (Å²) in [4.78, 5) is 16.6. The van der Waals surface area contributed by atoms with E-state index in [1.54, 1.807) is 24.5 Å². The van der Waals surface area contributed by atoms with Gasteiger partial charge >= 0.3 is 0 Å². The van der Waals surface area contributed by atoms with Gasteiger partial charge in [0.2, 0.25) is 15.9 Å². The van der Waals surface area contributed by atoms with Gasteiger partial charge in [-0.3, -0.25) is 9.78 Å². The van der Waals surface area contributed by atoms with Gasteiger partial charge in [0.1, 0.15) is 6.07 Å². The second-order valence-corrected chi connectivity index (χ2v) is 8.70. The molecule has 1 N–H and O–H groups in total. The van der Waals surface area contributed by atoms with Crippen molar-refractivity contribution in [2.24, 2.45) is 5.92 Å². The number of nitrogens with zero attached hydrogens (tertiary/aromatic N) is 3. The first-order valence-corrected chi connectivity index (χ1v) is 10.6. The molecule has 28 heavy (non-hydrogen) atoms. The molecule has 1 aliphatic heterocycles. The lowest BCUT2D eigenvalue weighted by molar-refractivity contribution is -0.126. The smallest absolute Gasteiger partial charge is 0.244 e. The van der Waals surface area contributed by atoms with Gasteiger partial charge in [0.25, 0.3) is 0 Å². The number of rotatable bonds is 5. The van der Waals surface area contributed by atoms with E-state index < -0.39 is 10.0 Å². The number of piperidine rings is 1. The number of nitrogens with one attached hydrogen (secondary N) is 1. The Morgan fingerprint density at radius 3 is 2.50 bits per heavy atom. The van der Waals surface area contributed by atoms with E-state index in [4.69, 9.17) is 0 Å². The molecule has 1 unspecified atom stereocenters. The highest BCUT2D eigenvalue weighted by Crippen LogP contribution is 2.26. The molecule has 0 spiro atoms. The normalized spacial score (nSPS) is 16.9. The fraction of sp³-hybridized carbons (Fsp3) is 0.350. The summed E-state index contributed by atoms with van der Waals surface area (Å²) >= 11 is 0. The van der Waals surface area contributed by atoms with Gasteiger partial charge in [0, 0.05) is 31.4 Å². The Hall–Kier alpha value is -2.76. The van der Waals surface area contributed by atoms with Crippen molar-refractivity contribution in [2.75, 3.05) is 13.1 Å². The van der Waals surface area contributed by atoms with Crippen LogP contribution in [-0.2, 0) is 14.8 Å². The predicted octanol–water partition coefficient (Wildman–Crippen LogP) is 2.23. The Balaban J connectivity index is 1.62. The molecule has 1 atom stereocenters. The largest absolute Gasteiger partial charge is 0.349 e. The van der Waals surface area contributed by atoms with Crippen molar-refractivity contribution < 1.29 is 13.2 Å². The number of hydrogen-bond acceptors (Lipinski definition) is 5. The zero-order valence-corrected chi connectivity index (χ0v) is 16.4. The molecule has 7 nitrogen and oxygen atoms in total. The van der Waals surface area contributed by atoms with E-state index in [2.05, 4.69) is 10.3 Å². The summed E-state index contributed by atoms with van der Waals surface area (Å²) in [6.07, 6.45) is 4.26.